The molecule has 1 atom stereocenters. The summed E-state index contributed by atoms with van der Waals surface area (Å²) in [6.07, 6.45) is -1.09. The van der Waals surface area contributed by atoms with Crippen LogP contribution >= 0.6 is 0 Å². The third-order valence-electron chi connectivity index (χ3n) is 5.66. The minimum Gasteiger partial charge on any atom is -0.442 e. The van der Waals surface area contributed by atoms with Gasteiger partial charge >= 0.3 is 12.1 Å². The number of carbonyl (C=O) groups is 3. The Labute approximate surface area is 201 Å². The minimum absolute atomic E-state index is 0.196. The second-order valence-corrected chi connectivity index (χ2v) is 8.32. The first kappa shape index (κ1) is 24.3. The van der Waals surface area contributed by atoms with Gasteiger partial charge in [0.25, 0.3) is 0 Å². The number of hydrazine groups is 1. The van der Waals surface area contributed by atoms with Crippen LogP contribution in [0.5, 0.6) is 0 Å². The van der Waals surface area contributed by atoms with Gasteiger partial charge in [0.1, 0.15) is 23.4 Å². The van der Waals surface area contributed by atoms with Crippen LogP contribution in [0.25, 0.3) is 0 Å². The molecule has 0 aliphatic carbocycles. The number of halogens is 1. The van der Waals surface area contributed by atoms with Crippen molar-refractivity contribution in [3.63, 3.8) is 0 Å². The molecule has 0 spiro atoms. The van der Waals surface area contributed by atoms with E-state index in [-0.39, 0.29) is 31.6 Å². The Morgan fingerprint density at radius 2 is 2.06 bits per heavy atom. The van der Waals surface area contributed by atoms with Gasteiger partial charge in [-0.1, -0.05) is 5.16 Å². The van der Waals surface area contributed by atoms with Gasteiger partial charge in [-0.3, -0.25) is 14.7 Å². The first-order chi connectivity index (χ1) is 16.8. The van der Waals surface area contributed by atoms with Crippen LogP contribution in [0.4, 0.5) is 25.4 Å². The number of benzene rings is 1. The quantitative estimate of drug-likeness (QED) is 0.550. The summed E-state index contributed by atoms with van der Waals surface area (Å²) in [4.78, 5) is 39.0. The van der Waals surface area contributed by atoms with Crippen molar-refractivity contribution in [3.05, 3.63) is 41.5 Å². The molecule has 4 amide bonds. The lowest BCUT2D eigenvalue weighted by molar-refractivity contribution is -0.119. The molecule has 188 valence electrons. The lowest BCUT2D eigenvalue weighted by Crippen LogP contribution is -2.48. The molecule has 3 N–H and O–H groups in total. The van der Waals surface area contributed by atoms with E-state index in [1.807, 2.05) is 4.90 Å². The summed E-state index contributed by atoms with van der Waals surface area (Å²) in [6.45, 7) is 5.44. The molecule has 2 aliphatic rings. The second kappa shape index (κ2) is 10.6. The maximum atomic E-state index is 15.1. The van der Waals surface area contributed by atoms with Crippen molar-refractivity contribution in [2.75, 3.05) is 49.1 Å². The number of cyclic esters (lactones) is 1. The molecule has 1 aromatic heterocycles. The van der Waals surface area contributed by atoms with Gasteiger partial charge in [0.2, 0.25) is 5.91 Å². The number of anilines is 2. The van der Waals surface area contributed by atoms with Crippen LogP contribution in [0, 0.1) is 12.7 Å². The summed E-state index contributed by atoms with van der Waals surface area (Å²) in [6, 6.07) is 5.99. The van der Waals surface area contributed by atoms with Crippen molar-refractivity contribution in [1.29, 1.82) is 0 Å². The van der Waals surface area contributed by atoms with E-state index in [0.717, 1.165) is 0 Å². The number of rotatable bonds is 6. The molecule has 0 radical (unpaired) electrons. The molecule has 12 nitrogen and oxygen atoms in total. The van der Waals surface area contributed by atoms with Gasteiger partial charge < -0.3 is 24.8 Å². The van der Waals surface area contributed by atoms with Gasteiger partial charge in [-0.2, -0.15) is 0 Å². The van der Waals surface area contributed by atoms with Crippen LogP contribution in [-0.4, -0.2) is 73.6 Å². The summed E-state index contributed by atoms with van der Waals surface area (Å²) < 4.78 is 25.3. The molecular weight excluding hydrogens is 461 g/mol. The number of aromatic nitrogens is 1. The average molecular weight is 490 g/mol. The normalized spacial score (nSPS) is 18.3. The number of nitrogens with one attached hydrogen (secondary N) is 3. The van der Waals surface area contributed by atoms with Crippen LogP contribution in [0.3, 0.4) is 0 Å². The van der Waals surface area contributed by atoms with Crippen molar-refractivity contribution in [2.45, 2.75) is 26.5 Å². The number of aryl methyl sites for hydroxylation is 1. The molecule has 4 rings (SSSR count). The molecule has 1 aromatic carbocycles. The van der Waals surface area contributed by atoms with E-state index in [0.29, 0.717) is 49.0 Å². The molecule has 2 aliphatic heterocycles. The van der Waals surface area contributed by atoms with Crippen LogP contribution in [0.1, 0.15) is 18.4 Å². The van der Waals surface area contributed by atoms with Crippen LogP contribution in [0.2, 0.25) is 0 Å². The molecule has 0 saturated carbocycles. The molecule has 3 heterocycles. The van der Waals surface area contributed by atoms with E-state index in [4.69, 9.17) is 9.26 Å². The fourth-order valence-corrected chi connectivity index (χ4v) is 3.93. The Bertz CT molecular complexity index is 1090. The molecule has 0 unspecified atom stereocenters. The first-order valence-corrected chi connectivity index (χ1v) is 11.3. The predicted molar refractivity (Wildman–Crippen MR) is 123 cm³/mol. The maximum absolute atomic E-state index is 15.1. The average Bonchev–Trinajstić information content (AvgIpc) is 3.32. The van der Waals surface area contributed by atoms with Crippen molar-refractivity contribution < 1.29 is 28.0 Å². The highest BCUT2D eigenvalue weighted by Crippen LogP contribution is 2.28. The summed E-state index contributed by atoms with van der Waals surface area (Å²) in [5.74, 6) is -0.0416. The molecule has 2 fully saturated rings. The monoisotopic (exact) mass is 489 g/mol. The third kappa shape index (κ3) is 5.98. The fourth-order valence-electron chi connectivity index (χ4n) is 3.93. The Morgan fingerprint density at radius 3 is 2.77 bits per heavy atom. The fraction of sp³-hybridized carbons (Fsp3) is 0.455. The Kier molecular flexibility index (Phi) is 7.34. The smallest absolute Gasteiger partial charge is 0.414 e. The van der Waals surface area contributed by atoms with E-state index in [1.54, 1.807) is 25.1 Å². The second-order valence-electron chi connectivity index (χ2n) is 8.32. The summed E-state index contributed by atoms with van der Waals surface area (Å²) in [5, 5.41) is 10.7. The zero-order chi connectivity index (χ0) is 24.9. The summed E-state index contributed by atoms with van der Waals surface area (Å²) >= 11 is 0. The zero-order valence-corrected chi connectivity index (χ0v) is 19.5. The summed E-state index contributed by atoms with van der Waals surface area (Å²) in [5.41, 5.74) is 4.41. The molecule has 35 heavy (non-hydrogen) atoms. The SMILES string of the molecule is CC(=O)NC[C@H]1CN(c2ccc(N3CCNN(C(=O)NCc4cc(C)on4)CC3)c(F)c2)C(=O)O1. The van der Waals surface area contributed by atoms with Gasteiger partial charge in [0.15, 0.2) is 0 Å². The largest absolute Gasteiger partial charge is 0.442 e. The topological polar surface area (TPSA) is 132 Å². The highest BCUT2D eigenvalue weighted by atomic mass is 19.1. The van der Waals surface area contributed by atoms with Crippen molar-refractivity contribution in [1.82, 2.24) is 26.2 Å². The molecular formula is C22H28FN7O5. The first-order valence-electron chi connectivity index (χ1n) is 11.3. The highest BCUT2D eigenvalue weighted by Gasteiger charge is 2.33. The van der Waals surface area contributed by atoms with E-state index in [2.05, 4.69) is 21.2 Å². The number of hydrogen-bond donors (Lipinski definition) is 3. The molecule has 2 saturated heterocycles. The number of hydrogen-bond acceptors (Lipinski definition) is 8. The number of carbonyl (C=O) groups excluding carboxylic acids is 3. The van der Waals surface area contributed by atoms with Crippen LogP contribution < -0.4 is 25.9 Å². The number of amides is 4. The van der Waals surface area contributed by atoms with Gasteiger partial charge in [0.05, 0.1) is 37.6 Å². The van der Waals surface area contributed by atoms with Crippen molar-refractivity contribution in [2.24, 2.45) is 0 Å². The maximum Gasteiger partial charge on any atom is 0.414 e. The van der Waals surface area contributed by atoms with E-state index < -0.39 is 18.0 Å². The lowest BCUT2D eigenvalue weighted by Gasteiger charge is -2.24. The van der Waals surface area contributed by atoms with Crippen LogP contribution in [0.15, 0.2) is 28.8 Å². The van der Waals surface area contributed by atoms with E-state index >= 15 is 4.39 Å². The molecule has 0 bridgehead atoms. The highest BCUT2D eigenvalue weighted by molar-refractivity contribution is 5.90. The predicted octanol–water partition coefficient (Wildman–Crippen LogP) is 1.12. The third-order valence-corrected chi connectivity index (χ3v) is 5.66. The zero-order valence-electron chi connectivity index (χ0n) is 19.5. The Morgan fingerprint density at radius 1 is 1.23 bits per heavy atom. The van der Waals surface area contributed by atoms with E-state index in [9.17, 15) is 14.4 Å². The standard InChI is InChI=1S/C22H28FN7O5/c1-14-9-16(27-35-14)11-25-21(32)30-8-7-28(6-5-26-30)20-4-3-17(10-19(20)23)29-13-18(34-22(29)33)12-24-15(2)31/h3-4,9-10,18,26H,5-8,11-13H2,1-2H3,(H,24,31)(H,25,32)/t18-/m0/s1. The minimum atomic E-state index is -0.589. The number of urea groups is 1. The van der Waals surface area contributed by atoms with Gasteiger partial charge in [-0.05, 0) is 25.1 Å². The van der Waals surface area contributed by atoms with E-state index in [1.165, 1.54) is 22.9 Å². The Balaban J connectivity index is 1.33. The van der Waals surface area contributed by atoms with Crippen molar-refractivity contribution >= 4 is 29.4 Å². The molecule has 2 aromatic rings. The van der Waals surface area contributed by atoms with Crippen molar-refractivity contribution in [3.8, 4) is 0 Å². The van der Waals surface area contributed by atoms with Gasteiger partial charge in [0, 0.05) is 32.6 Å². The van der Waals surface area contributed by atoms with Gasteiger partial charge in [-0.25, -0.2) is 19.4 Å². The summed E-state index contributed by atoms with van der Waals surface area (Å²) in [7, 11) is 0. The van der Waals surface area contributed by atoms with Gasteiger partial charge in [-0.15, -0.1) is 0 Å². The Hall–Kier alpha value is -3.87. The number of nitrogens with zero attached hydrogens (tertiary/aromatic N) is 4. The lowest BCUT2D eigenvalue weighted by atomic mass is 10.2. The van der Waals surface area contributed by atoms with Crippen LogP contribution in [-0.2, 0) is 16.1 Å². The number of ether oxygens (including phenoxy) is 1. The molecule has 13 heteroatoms.